The van der Waals surface area contributed by atoms with E-state index in [1.165, 1.54) is 6.42 Å². The molecule has 5 heteroatoms. The molecular formula is C16H23ClN2OS. The number of halogens is 1. The standard InChI is InChI=1S/C16H23ClN2OS/c1-3-9-19(11-12-5-4-8-18-12)16(20)14-10-13(21-2)6-7-15(14)17/h6-7,10,12,18H,3-5,8-9,11H2,1-2H3. The smallest absolute Gasteiger partial charge is 0.255 e. The minimum atomic E-state index is 0.0476. The van der Waals surface area contributed by atoms with Gasteiger partial charge in [-0.1, -0.05) is 18.5 Å². The van der Waals surface area contributed by atoms with Crippen LogP contribution in [0.1, 0.15) is 36.5 Å². The Bertz CT molecular complexity index is 489. The maximum atomic E-state index is 12.8. The summed E-state index contributed by atoms with van der Waals surface area (Å²) in [5, 5.41) is 4.00. The quantitative estimate of drug-likeness (QED) is 0.810. The number of amides is 1. The Hall–Kier alpha value is -0.710. The van der Waals surface area contributed by atoms with Crippen LogP contribution in [0.2, 0.25) is 5.02 Å². The van der Waals surface area contributed by atoms with Crippen LogP contribution in [0.15, 0.2) is 23.1 Å². The minimum absolute atomic E-state index is 0.0476. The third kappa shape index (κ3) is 4.38. The Kier molecular flexibility index (Phi) is 6.40. The molecule has 3 nitrogen and oxygen atoms in total. The number of hydrogen-bond donors (Lipinski definition) is 1. The summed E-state index contributed by atoms with van der Waals surface area (Å²) in [7, 11) is 0. The van der Waals surface area contributed by atoms with Gasteiger partial charge < -0.3 is 10.2 Å². The number of benzene rings is 1. The summed E-state index contributed by atoms with van der Waals surface area (Å²) < 4.78 is 0. The number of nitrogens with one attached hydrogen (secondary N) is 1. The first-order valence-corrected chi connectivity index (χ1v) is 9.12. The molecule has 2 rings (SSSR count). The molecule has 1 N–H and O–H groups in total. The lowest BCUT2D eigenvalue weighted by atomic mass is 10.1. The molecule has 1 atom stereocenters. The summed E-state index contributed by atoms with van der Waals surface area (Å²) in [5.41, 5.74) is 0.620. The van der Waals surface area contributed by atoms with Gasteiger partial charge in [-0.25, -0.2) is 0 Å². The van der Waals surface area contributed by atoms with Crippen LogP contribution >= 0.6 is 23.4 Å². The van der Waals surface area contributed by atoms with E-state index in [0.29, 0.717) is 16.6 Å². The second-order valence-corrected chi connectivity index (χ2v) is 6.68. The molecule has 21 heavy (non-hydrogen) atoms. The Labute approximate surface area is 136 Å². The first kappa shape index (κ1) is 16.7. The van der Waals surface area contributed by atoms with Crippen molar-refractivity contribution < 1.29 is 4.79 Å². The van der Waals surface area contributed by atoms with Gasteiger partial charge in [0.1, 0.15) is 0 Å². The van der Waals surface area contributed by atoms with E-state index in [-0.39, 0.29) is 5.91 Å². The van der Waals surface area contributed by atoms with E-state index in [9.17, 15) is 4.79 Å². The van der Waals surface area contributed by atoms with E-state index in [1.54, 1.807) is 11.8 Å². The van der Waals surface area contributed by atoms with E-state index in [2.05, 4.69) is 12.2 Å². The Balaban J connectivity index is 2.16. The number of rotatable bonds is 6. The normalized spacial score (nSPS) is 18.0. The zero-order valence-electron chi connectivity index (χ0n) is 12.7. The van der Waals surface area contributed by atoms with E-state index >= 15 is 0 Å². The molecule has 1 aliphatic rings. The molecule has 0 bridgehead atoms. The van der Waals surface area contributed by atoms with E-state index in [0.717, 1.165) is 37.4 Å². The number of carbonyl (C=O) groups is 1. The second-order valence-electron chi connectivity index (χ2n) is 5.39. The number of nitrogens with zero attached hydrogens (tertiary/aromatic N) is 1. The zero-order chi connectivity index (χ0) is 15.2. The third-order valence-electron chi connectivity index (χ3n) is 3.79. The van der Waals surface area contributed by atoms with Gasteiger partial charge in [0.15, 0.2) is 0 Å². The summed E-state index contributed by atoms with van der Waals surface area (Å²) in [6, 6.07) is 6.09. The van der Waals surface area contributed by atoms with Gasteiger partial charge >= 0.3 is 0 Å². The van der Waals surface area contributed by atoms with Gasteiger partial charge in [-0.15, -0.1) is 11.8 Å². The van der Waals surface area contributed by atoms with Crippen molar-refractivity contribution >= 4 is 29.3 Å². The molecule has 1 aliphatic heterocycles. The highest BCUT2D eigenvalue weighted by atomic mass is 35.5. The lowest BCUT2D eigenvalue weighted by molar-refractivity contribution is 0.0742. The van der Waals surface area contributed by atoms with Crippen LogP contribution in [0.3, 0.4) is 0 Å². The number of thioether (sulfide) groups is 1. The van der Waals surface area contributed by atoms with Crippen molar-refractivity contribution in [3.63, 3.8) is 0 Å². The first-order chi connectivity index (χ1) is 10.2. The molecule has 116 valence electrons. The molecule has 0 aromatic heterocycles. The van der Waals surface area contributed by atoms with E-state index < -0.39 is 0 Å². The molecule has 1 unspecified atom stereocenters. The average Bonchev–Trinajstić information content (AvgIpc) is 3.00. The van der Waals surface area contributed by atoms with Gasteiger partial charge in [-0.3, -0.25) is 4.79 Å². The first-order valence-electron chi connectivity index (χ1n) is 7.52. The van der Waals surface area contributed by atoms with Crippen molar-refractivity contribution in [2.75, 3.05) is 25.9 Å². The van der Waals surface area contributed by atoms with E-state index in [1.807, 2.05) is 29.4 Å². The summed E-state index contributed by atoms with van der Waals surface area (Å²) in [6.45, 7) is 4.70. The van der Waals surface area contributed by atoms with Crippen molar-refractivity contribution in [1.82, 2.24) is 10.2 Å². The van der Waals surface area contributed by atoms with Crippen LogP contribution in [-0.4, -0.2) is 42.7 Å². The Morgan fingerprint density at radius 1 is 1.52 bits per heavy atom. The summed E-state index contributed by atoms with van der Waals surface area (Å²) >= 11 is 7.86. The summed E-state index contributed by atoms with van der Waals surface area (Å²) in [5.74, 6) is 0.0476. The monoisotopic (exact) mass is 326 g/mol. The Morgan fingerprint density at radius 2 is 2.33 bits per heavy atom. The van der Waals surface area contributed by atoms with Crippen LogP contribution in [0.5, 0.6) is 0 Å². The fraction of sp³-hybridized carbons (Fsp3) is 0.562. The fourth-order valence-electron chi connectivity index (χ4n) is 2.69. The molecule has 0 radical (unpaired) electrons. The van der Waals surface area contributed by atoms with Gasteiger partial charge in [-0.05, 0) is 50.3 Å². The van der Waals surface area contributed by atoms with Crippen molar-refractivity contribution in [3.05, 3.63) is 28.8 Å². The molecule has 0 spiro atoms. The number of carbonyl (C=O) groups excluding carboxylic acids is 1. The minimum Gasteiger partial charge on any atom is -0.337 e. The molecule has 1 fully saturated rings. The highest BCUT2D eigenvalue weighted by Gasteiger charge is 2.23. The van der Waals surface area contributed by atoms with Crippen LogP contribution < -0.4 is 5.32 Å². The van der Waals surface area contributed by atoms with Gasteiger partial charge in [0.25, 0.3) is 5.91 Å². The van der Waals surface area contributed by atoms with Crippen molar-refractivity contribution in [1.29, 1.82) is 0 Å². The number of hydrogen-bond acceptors (Lipinski definition) is 3. The van der Waals surface area contributed by atoms with Crippen LogP contribution in [-0.2, 0) is 0 Å². The van der Waals surface area contributed by atoms with Crippen molar-refractivity contribution in [2.24, 2.45) is 0 Å². The zero-order valence-corrected chi connectivity index (χ0v) is 14.3. The van der Waals surface area contributed by atoms with Crippen LogP contribution in [0.4, 0.5) is 0 Å². The molecule has 1 aromatic rings. The van der Waals surface area contributed by atoms with Crippen molar-refractivity contribution in [2.45, 2.75) is 37.1 Å². The lowest BCUT2D eigenvalue weighted by Gasteiger charge is -2.26. The Morgan fingerprint density at radius 3 is 2.95 bits per heavy atom. The van der Waals surface area contributed by atoms with Gasteiger partial charge in [0.05, 0.1) is 10.6 Å². The molecule has 1 amide bonds. The fourth-order valence-corrected chi connectivity index (χ4v) is 3.33. The highest BCUT2D eigenvalue weighted by Crippen LogP contribution is 2.24. The van der Waals surface area contributed by atoms with Gasteiger partial charge in [-0.2, -0.15) is 0 Å². The van der Waals surface area contributed by atoms with Gasteiger partial charge in [0.2, 0.25) is 0 Å². The molecule has 1 aromatic carbocycles. The van der Waals surface area contributed by atoms with Crippen molar-refractivity contribution in [3.8, 4) is 0 Å². The molecule has 1 saturated heterocycles. The molecule has 0 aliphatic carbocycles. The maximum Gasteiger partial charge on any atom is 0.255 e. The van der Waals surface area contributed by atoms with Crippen LogP contribution in [0, 0.1) is 0 Å². The predicted octanol–water partition coefficient (Wildman–Crippen LogP) is 3.67. The predicted molar refractivity (Wildman–Crippen MR) is 90.5 cm³/mol. The molecule has 0 saturated carbocycles. The van der Waals surface area contributed by atoms with E-state index in [4.69, 9.17) is 11.6 Å². The summed E-state index contributed by atoms with van der Waals surface area (Å²) in [4.78, 5) is 15.8. The van der Waals surface area contributed by atoms with Gasteiger partial charge in [0, 0.05) is 24.0 Å². The second kappa shape index (κ2) is 8.06. The third-order valence-corrected chi connectivity index (χ3v) is 4.84. The highest BCUT2D eigenvalue weighted by molar-refractivity contribution is 7.98. The molecular weight excluding hydrogens is 304 g/mol. The maximum absolute atomic E-state index is 12.8. The average molecular weight is 327 g/mol. The molecule has 1 heterocycles. The van der Waals surface area contributed by atoms with Crippen LogP contribution in [0.25, 0.3) is 0 Å². The topological polar surface area (TPSA) is 32.3 Å². The summed E-state index contributed by atoms with van der Waals surface area (Å²) in [6.07, 6.45) is 5.30. The lowest BCUT2D eigenvalue weighted by Crippen LogP contribution is -2.41. The SMILES string of the molecule is CCCN(CC1CCCN1)C(=O)c1cc(SC)ccc1Cl. The largest absolute Gasteiger partial charge is 0.337 e.